The molecule has 0 aliphatic carbocycles. The van der Waals surface area contributed by atoms with E-state index in [9.17, 15) is 9.59 Å². The highest BCUT2D eigenvalue weighted by molar-refractivity contribution is 7.99. The van der Waals surface area contributed by atoms with Gasteiger partial charge in [0, 0.05) is 17.4 Å². The van der Waals surface area contributed by atoms with Crippen molar-refractivity contribution in [3.63, 3.8) is 0 Å². The van der Waals surface area contributed by atoms with Gasteiger partial charge in [0.1, 0.15) is 10.8 Å². The molecule has 2 aromatic heterocycles. The third-order valence-electron chi connectivity index (χ3n) is 3.09. The molecule has 0 unspecified atom stereocenters. The molecule has 124 valence electrons. The Labute approximate surface area is 144 Å². The van der Waals surface area contributed by atoms with Gasteiger partial charge in [0.2, 0.25) is 4.96 Å². The number of hydrogen-bond donors (Lipinski definition) is 1. The topological polar surface area (TPSA) is 93.8 Å². The number of carbonyl (C=O) groups is 1. The first-order valence-corrected chi connectivity index (χ1v) is 8.87. The summed E-state index contributed by atoms with van der Waals surface area (Å²) in [7, 11) is 1.59. The zero-order valence-electron chi connectivity index (χ0n) is 12.6. The zero-order chi connectivity index (χ0) is 17.1. The van der Waals surface area contributed by atoms with E-state index >= 15 is 0 Å². The van der Waals surface area contributed by atoms with Gasteiger partial charge in [-0.3, -0.25) is 9.59 Å². The summed E-state index contributed by atoms with van der Waals surface area (Å²) in [6.45, 7) is 0. The van der Waals surface area contributed by atoms with E-state index in [1.165, 1.54) is 33.7 Å². The molecular formula is C15H13N3O4S2. The number of aliphatic carboxylic acids is 1. The van der Waals surface area contributed by atoms with Crippen LogP contribution in [-0.2, 0) is 10.5 Å². The molecule has 3 aromatic rings. The van der Waals surface area contributed by atoms with E-state index in [2.05, 4.69) is 10.1 Å². The number of aromatic nitrogens is 3. The molecule has 24 heavy (non-hydrogen) atoms. The molecule has 0 aliphatic heterocycles. The minimum Gasteiger partial charge on any atom is -0.497 e. The molecule has 0 amide bonds. The second-order valence-electron chi connectivity index (χ2n) is 4.81. The van der Waals surface area contributed by atoms with Crippen molar-refractivity contribution in [2.45, 2.75) is 5.75 Å². The van der Waals surface area contributed by atoms with E-state index in [1.807, 2.05) is 24.3 Å². The Balaban J connectivity index is 1.94. The molecule has 1 aromatic carbocycles. The number of ether oxygens (including phenoxy) is 1. The first-order valence-electron chi connectivity index (χ1n) is 6.90. The maximum absolute atomic E-state index is 12.2. The molecule has 0 radical (unpaired) electrons. The molecule has 0 fully saturated rings. The third kappa shape index (κ3) is 3.57. The highest BCUT2D eigenvalue weighted by Crippen LogP contribution is 2.27. The second kappa shape index (κ2) is 7.02. The molecule has 0 spiro atoms. The zero-order valence-corrected chi connectivity index (χ0v) is 14.3. The van der Waals surface area contributed by atoms with Gasteiger partial charge in [0.25, 0.3) is 5.56 Å². The summed E-state index contributed by atoms with van der Waals surface area (Å²) in [5, 5.41) is 13.6. The van der Waals surface area contributed by atoms with E-state index in [0.717, 1.165) is 5.56 Å². The summed E-state index contributed by atoms with van der Waals surface area (Å²) in [6, 6.07) is 8.79. The molecule has 0 saturated heterocycles. The predicted octanol–water partition coefficient (Wildman–Crippen LogP) is 2.14. The van der Waals surface area contributed by atoms with Gasteiger partial charge < -0.3 is 9.84 Å². The van der Waals surface area contributed by atoms with Gasteiger partial charge >= 0.3 is 5.97 Å². The lowest BCUT2D eigenvalue weighted by atomic mass is 10.2. The van der Waals surface area contributed by atoms with Crippen LogP contribution < -0.4 is 10.3 Å². The van der Waals surface area contributed by atoms with Crippen LogP contribution in [0, 0.1) is 0 Å². The fraction of sp³-hybridized carbons (Fsp3) is 0.200. The largest absolute Gasteiger partial charge is 0.497 e. The SMILES string of the molecule is COc1cccc(-c2nn3c(=O)cc(CSCC(=O)O)nc3s2)c1. The molecule has 3 rings (SSSR count). The number of carboxylic acid groups (broad SMARTS) is 1. The highest BCUT2D eigenvalue weighted by Gasteiger charge is 2.11. The third-order valence-corrected chi connectivity index (χ3v) is 5.00. The van der Waals surface area contributed by atoms with Crippen LogP contribution in [0.4, 0.5) is 0 Å². The first-order chi connectivity index (χ1) is 11.6. The van der Waals surface area contributed by atoms with Crippen LogP contribution in [0.15, 0.2) is 35.1 Å². The van der Waals surface area contributed by atoms with Crippen LogP contribution in [0.5, 0.6) is 5.75 Å². The van der Waals surface area contributed by atoms with E-state index in [4.69, 9.17) is 9.84 Å². The van der Waals surface area contributed by atoms with Crippen molar-refractivity contribution in [2.75, 3.05) is 12.9 Å². The van der Waals surface area contributed by atoms with Crippen molar-refractivity contribution in [3.8, 4) is 16.3 Å². The summed E-state index contributed by atoms with van der Waals surface area (Å²) >= 11 is 2.49. The maximum atomic E-state index is 12.2. The van der Waals surface area contributed by atoms with Crippen LogP contribution in [-0.4, -0.2) is 38.5 Å². The Morgan fingerprint density at radius 3 is 3.00 bits per heavy atom. The lowest BCUT2D eigenvalue weighted by Gasteiger charge is -2.00. The predicted molar refractivity (Wildman–Crippen MR) is 92.9 cm³/mol. The molecule has 0 aliphatic rings. The van der Waals surface area contributed by atoms with Crippen molar-refractivity contribution in [3.05, 3.63) is 46.4 Å². The van der Waals surface area contributed by atoms with Crippen LogP contribution >= 0.6 is 23.1 Å². The van der Waals surface area contributed by atoms with Crippen molar-refractivity contribution >= 4 is 34.0 Å². The van der Waals surface area contributed by atoms with Gasteiger partial charge in [-0.1, -0.05) is 23.5 Å². The number of carboxylic acids is 1. The molecule has 7 nitrogen and oxygen atoms in total. The lowest BCUT2D eigenvalue weighted by molar-refractivity contribution is -0.133. The van der Waals surface area contributed by atoms with Crippen LogP contribution in [0.25, 0.3) is 15.5 Å². The Bertz CT molecular complexity index is 951. The number of nitrogens with zero attached hydrogens (tertiary/aromatic N) is 3. The highest BCUT2D eigenvalue weighted by atomic mass is 32.2. The maximum Gasteiger partial charge on any atom is 0.313 e. The first kappa shape index (κ1) is 16.5. The summed E-state index contributed by atoms with van der Waals surface area (Å²) < 4.78 is 6.45. The van der Waals surface area contributed by atoms with Crippen molar-refractivity contribution in [2.24, 2.45) is 0 Å². The summed E-state index contributed by atoms with van der Waals surface area (Å²) in [4.78, 5) is 27.6. The number of hydrogen-bond acceptors (Lipinski definition) is 7. The van der Waals surface area contributed by atoms with Crippen LogP contribution in [0.1, 0.15) is 5.69 Å². The molecule has 0 atom stereocenters. The van der Waals surface area contributed by atoms with Gasteiger partial charge in [-0.2, -0.15) is 9.61 Å². The average molecular weight is 363 g/mol. The normalized spacial score (nSPS) is 10.9. The summed E-state index contributed by atoms with van der Waals surface area (Å²) in [5.41, 5.74) is 1.11. The smallest absolute Gasteiger partial charge is 0.313 e. The molecular weight excluding hydrogens is 350 g/mol. The summed E-state index contributed by atoms with van der Waals surface area (Å²) in [5.74, 6) is 0.150. The molecule has 0 bridgehead atoms. The van der Waals surface area contributed by atoms with Gasteiger partial charge in [-0.05, 0) is 12.1 Å². The standard InChI is InChI=1S/C15H13N3O4S2/c1-22-11-4-2-3-9(5-11)14-17-18-12(19)6-10(16-15(18)24-14)7-23-8-13(20)21/h2-6H,7-8H2,1H3,(H,20,21). The van der Waals surface area contributed by atoms with Crippen molar-refractivity contribution < 1.29 is 14.6 Å². The lowest BCUT2D eigenvalue weighted by Crippen LogP contribution is -2.15. The fourth-order valence-corrected chi connectivity index (χ4v) is 3.60. The molecule has 9 heteroatoms. The number of benzene rings is 1. The Kier molecular flexibility index (Phi) is 4.81. The Hall–Kier alpha value is -2.39. The average Bonchev–Trinajstić information content (AvgIpc) is 2.99. The van der Waals surface area contributed by atoms with Gasteiger partial charge in [-0.15, -0.1) is 11.8 Å². The van der Waals surface area contributed by atoms with E-state index < -0.39 is 5.97 Å². The van der Waals surface area contributed by atoms with Crippen LogP contribution in [0.2, 0.25) is 0 Å². The van der Waals surface area contributed by atoms with E-state index in [0.29, 0.717) is 27.2 Å². The number of methoxy groups -OCH3 is 1. The van der Waals surface area contributed by atoms with Gasteiger partial charge in [0.05, 0.1) is 18.6 Å². The van der Waals surface area contributed by atoms with E-state index in [1.54, 1.807) is 7.11 Å². The quantitative estimate of drug-likeness (QED) is 0.717. The molecule has 2 heterocycles. The molecule has 1 N–H and O–H groups in total. The minimum absolute atomic E-state index is 0.0290. The Morgan fingerprint density at radius 1 is 1.42 bits per heavy atom. The van der Waals surface area contributed by atoms with Crippen molar-refractivity contribution in [1.29, 1.82) is 0 Å². The number of thioether (sulfide) groups is 1. The van der Waals surface area contributed by atoms with Crippen molar-refractivity contribution in [1.82, 2.24) is 14.6 Å². The summed E-state index contributed by atoms with van der Waals surface area (Å²) in [6.07, 6.45) is 0. The van der Waals surface area contributed by atoms with Gasteiger partial charge in [-0.25, -0.2) is 4.98 Å². The number of rotatable bonds is 6. The minimum atomic E-state index is -0.893. The second-order valence-corrected chi connectivity index (χ2v) is 6.75. The van der Waals surface area contributed by atoms with E-state index in [-0.39, 0.29) is 11.3 Å². The Morgan fingerprint density at radius 2 is 2.25 bits per heavy atom. The van der Waals surface area contributed by atoms with Gasteiger partial charge in [0.15, 0.2) is 0 Å². The van der Waals surface area contributed by atoms with Crippen LogP contribution in [0.3, 0.4) is 0 Å². The monoisotopic (exact) mass is 363 g/mol. The fourth-order valence-electron chi connectivity index (χ4n) is 2.05. The number of fused-ring (bicyclic) bond motifs is 1. The molecule has 0 saturated carbocycles.